The monoisotopic (exact) mass is 401 g/mol. The van der Waals surface area contributed by atoms with E-state index in [9.17, 15) is 15.1 Å². The van der Waals surface area contributed by atoms with E-state index >= 15 is 0 Å². The lowest BCUT2D eigenvalue weighted by Gasteiger charge is -2.36. The van der Waals surface area contributed by atoms with E-state index in [2.05, 4.69) is 25.4 Å². The van der Waals surface area contributed by atoms with Crippen LogP contribution in [0.1, 0.15) is 38.5 Å². The molecule has 4 N–H and O–H groups in total. The van der Waals surface area contributed by atoms with E-state index in [1.54, 1.807) is 18.5 Å². The molecule has 29 heavy (non-hydrogen) atoms. The first-order valence-corrected chi connectivity index (χ1v) is 10.4. The Morgan fingerprint density at radius 3 is 2.90 bits per heavy atom. The van der Waals surface area contributed by atoms with Gasteiger partial charge < -0.3 is 20.5 Å². The lowest BCUT2D eigenvalue weighted by Crippen LogP contribution is -2.46. The molecular formula is C21H31N5O3. The summed E-state index contributed by atoms with van der Waals surface area (Å²) in [6.45, 7) is 2.74. The quantitative estimate of drug-likeness (QED) is 0.339. The van der Waals surface area contributed by atoms with Gasteiger partial charge >= 0.3 is 0 Å². The first-order chi connectivity index (χ1) is 14.2. The molecule has 158 valence electrons. The fourth-order valence-corrected chi connectivity index (χ4v) is 3.91. The molecule has 2 aromatic rings. The number of H-pyrrole nitrogens is 1. The number of hydrogen-bond donors (Lipinski definition) is 4. The number of rotatable bonds is 11. The standard InChI is InChI=1S/C21H31N5O3/c27-15-17-14-18(28)7-12-26(17)11-4-2-1-3-8-22-19-6-5-16(13-20(19)25-29)21-23-9-10-24-21/h5-6,9-10,13,17-18,22,27-28H,1-4,7-8,11-12,14-15H2,(H,23,24)/t17-,18+/m0/s1. The zero-order valence-corrected chi connectivity index (χ0v) is 16.8. The van der Waals surface area contributed by atoms with Gasteiger partial charge in [-0.2, -0.15) is 0 Å². The Morgan fingerprint density at radius 1 is 1.28 bits per heavy atom. The fraction of sp³-hybridized carbons (Fsp3) is 0.571. The molecule has 2 heterocycles. The highest BCUT2D eigenvalue weighted by Crippen LogP contribution is 2.29. The molecule has 0 spiro atoms. The minimum absolute atomic E-state index is 0.0961. The van der Waals surface area contributed by atoms with Crippen molar-refractivity contribution in [3.8, 4) is 11.4 Å². The number of nitrogens with one attached hydrogen (secondary N) is 2. The van der Waals surface area contributed by atoms with Crippen LogP contribution in [0.5, 0.6) is 0 Å². The maximum absolute atomic E-state index is 11.2. The summed E-state index contributed by atoms with van der Waals surface area (Å²) in [5, 5.41) is 25.6. The van der Waals surface area contributed by atoms with Crippen LogP contribution in [0.4, 0.5) is 11.4 Å². The molecule has 3 rings (SSSR count). The first kappa shape index (κ1) is 21.4. The minimum atomic E-state index is -0.270. The van der Waals surface area contributed by atoms with Crippen LogP contribution < -0.4 is 5.32 Å². The molecule has 1 aromatic carbocycles. The molecule has 1 saturated heterocycles. The molecule has 1 fully saturated rings. The average Bonchev–Trinajstić information content (AvgIpc) is 3.28. The second-order valence-electron chi connectivity index (χ2n) is 7.65. The third kappa shape index (κ3) is 6.09. The second-order valence-corrected chi connectivity index (χ2v) is 7.65. The van der Waals surface area contributed by atoms with Gasteiger partial charge in [0.1, 0.15) is 11.5 Å². The van der Waals surface area contributed by atoms with E-state index in [0.717, 1.165) is 63.0 Å². The molecule has 0 saturated carbocycles. The Bertz CT molecular complexity index is 753. The van der Waals surface area contributed by atoms with Gasteiger partial charge in [0.15, 0.2) is 0 Å². The van der Waals surface area contributed by atoms with Crippen molar-refractivity contribution in [2.45, 2.75) is 50.7 Å². The van der Waals surface area contributed by atoms with Crippen molar-refractivity contribution in [1.82, 2.24) is 14.9 Å². The highest BCUT2D eigenvalue weighted by atomic mass is 16.3. The third-order valence-electron chi connectivity index (χ3n) is 5.58. The summed E-state index contributed by atoms with van der Waals surface area (Å²) in [4.78, 5) is 20.7. The molecule has 8 nitrogen and oxygen atoms in total. The van der Waals surface area contributed by atoms with Crippen LogP contribution in [0.2, 0.25) is 0 Å². The van der Waals surface area contributed by atoms with Crippen molar-refractivity contribution in [2.24, 2.45) is 5.18 Å². The lowest BCUT2D eigenvalue weighted by molar-refractivity contribution is 0.0163. The van der Waals surface area contributed by atoms with Crippen LogP contribution in [0.3, 0.4) is 0 Å². The maximum atomic E-state index is 11.2. The zero-order valence-electron chi connectivity index (χ0n) is 16.8. The van der Waals surface area contributed by atoms with Gasteiger partial charge in [-0.1, -0.05) is 12.8 Å². The molecule has 0 unspecified atom stereocenters. The number of aromatic nitrogens is 2. The fourth-order valence-electron chi connectivity index (χ4n) is 3.91. The van der Waals surface area contributed by atoms with E-state index < -0.39 is 0 Å². The lowest BCUT2D eigenvalue weighted by atomic mass is 9.99. The average molecular weight is 402 g/mol. The molecule has 8 heteroatoms. The van der Waals surface area contributed by atoms with E-state index in [4.69, 9.17) is 0 Å². The molecule has 1 aliphatic rings. The summed E-state index contributed by atoms with van der Waals surface area (Å²) < 4.78 is 0. The Morgan fingerprint density at radius 2 is 2.14 bits per heavy atom. The Labute approximate surface area is 171 Å². The summed E-state index contributed by atoms with van der Waals surface area (Å²) in [5.41, 5.74) is 1.97. The normalized spacial score (nSPS) is 19.9. The number of unbranched alkanes of at least 4 members (excludes halogenated alkanes) is 3. The predicted octanol–water partition coefficient (Wildman–Crippen LogP) is 3.26. The number of benzene rings is 1. The summed E-state index contributed by atoms with van der Waals surface area (Å²) in [6, 6.07) is 5.62. The van der Waals surface area contributed by atoms with E-state index in [1.165, 1.54) is 0 Å². The smallest absolute Gasteiger partial charge is 0.137 e. The topological polar surface area (TPSA) is 114 Å². The molecule has 1 aromatic heterocycles. The third-order valence-corrected chi connectivity index (χ3v) is 5.58. The summed E-state index contributed by atoms with van der Waals surface area (Å²) >= 11 is 0. The van der Waals surface area contributed by atoms with Gasteiger partial charge in [0.25, 0.3) is 0 Å². The number of nitroso groups, excluding NO2 is 1. The van der Waals surface area contributed by atoms with Crippen molar-refractivity contribution in [3.05, 3.63) is 35.5 Å². The number of imidazole rings is 1. The van der Waals surface area contributed by atoms with Crippen molar-refractivity contribution >= 4 is 11.4 Å². The molecule has 1 aliphatic heterocycles. The van der Waals surface area contributed by atoms with Gasteiger partial charge in [-0.25, -0.2) is 4.98 Å². The van der Waals surface area contributed by atoms with Crippen LogP contribution in [0.25, 0.3) is 11.4 Å². The maximum Gasteiger partial charge on any atom is 0.137 e. The van der Waals surface area contributed by atoms with Crippen LogP contribution in [0, 0.1) is 4.91 Å². The number of nitrogens with zero attached hydrogens (tertiary/aromatic N) is 3. The number of aliphatic hydroxyl groups is 2. The van der Waals surface area contributed by atoms with E-state index in [-0.39, 0.29) is 18.8 Å². The van der Waals surface area contributed by atoms with Crippen LogP contribution in [-0.4, -0.2) is 63.5 Å². The van der Waals surface area contributed by atoms with Crippen molar-refractivity contribution in [1.29, 1.82) is 0 Å². The van der Waals surface area contributed by atoms with Crippen LogP contribution >= 0.6 is 0 Å². The van der Waals surface area contributed by atoms with Gasteiger partial charge in [0.2, 0.25) is 0 Å². The Balaban J connectivity index is 1.35. The van der Waals surface area contributed by atoms with Crippen molar-refractivity contribution < 1.29 is 10.2 Å². The van der Waals surface area contributed by atoms with E-state index in [0.29, 0.717) is 17.9 Å². The Hall–Kier alpha value is -2.29. The van der Waals surface area contributed by atoms with Gasteiger partial charge in [0.05, 0.1) is 18.4 Å². The summed E-state index contributed by atoms with van der Waals surface area (Å²) in [7, 11) is 0. The van der Waals surface area contributed by atoms with Crippen LogP contribution in [0.15, 0.2) is 35.8 Å². The highest BCUT2D eigenvalue weighted by molar-refractivity contribution is 5.72. The van der Waals surface area contributed by atoms with Gasteiger partial charge in [-0.3, -0.25) is 4.90 Å². The number of hydrogen-bond acceptors (Lipinski definition) is 7. The largest absolute Gasteiger partial charge is 0.395 e. The zero-order chi connectivity index (χ0) is 20.5. The van der Waals surface area contributed by atoms with Crippen LogP contribution in [-0.2, 0) is 0 Å². The number of aliphatic hydroxyl groups excluding tert-OH is 2. The number of piperidine rings is 1. The number of likely N-dealkylation sites (tertiary alicyclic amines) is 1. The molecular weight excluding hydrogens is 370 g/mol. The molecule has 2 atom stereocenters. The molecule has 0 bridgehead atoms. The van der Waals surface area contributed by atoms with Gasteiger partial charge in [0, 0.05) is 37.1 Å². The predicted molar refractivity (Wildman–Crippen MR) is 114 cm³/mol. The first-order valence-electron chi connectivity index (χ1n) is 10.4. The minimum Gasteiger partial charge on any atom is -0.395 e. The SMILES string of the molecule is O=Nc1cc(-c2ncc[nH]2)ccc1NCCCCCCN1CC[C@@H](O)C[C@H]1CO. The number of aromatic amines is 1. The highest BCUT2D eigenvalue weighted by Gasteiger charge is 2.26. The van der Waals surface area contributed by atoms with Crippen molar-refractivity contribution in [3.63, 3.8) is 0 Å². The molecule has 0 radical (unpaired) electrons. The van der Waals surface area contributed by atoms with Crippen molar-refractivity contribution in [2.75, 3.05) is 31.6 Å². The summed E-state index contributed by atoms with van der Waals surface area (Å²) in [6.07, 6.45) is 8.94. The van der Waals surface area contributed by atoms with E-state index in [1.807, 2.05) is 12.1 Å². The second kappa shape index (κ2) is 11.0. The summed E-state index contributed by atoms with van der Waals surface area (Å²) in [5.74, 6) is 0.716. The number of anilines is 1. The molecule has 0 aliphatic carbocycles. The van der Waals surface area contributed by atoms with Gasteiger partial charge in [-0.15, -0.1) is 4.91 Å². The molecule has 0 amide bonds. The Kier molecular flexibility index (Phi) is 8.15. The van der Waals surface area contributed by atoms with Gasteiger partial charge in [-0.05, 0) is 55.6 Å².